The number of hydrazine groups is 1. The lowest BCUT2D eigenvalue weighted by atomic mass is 10.0. The van der Waals surface area contributed by atoms with Crippen LogP contribution >= 0.6 is 11.8 Å². The Morgan fingerprint density at radius 1 is 1.37 bits per heavy atom. The van der Waals surface area contributed by atoms with Crippen molar-refractivity contribution in [3.63, 3.8) is 0 Å². The van der Waals surface area contributed by atoms with Crippen LogP contribution in [0.25, 0.3) is 10.8 Å². The lowest BCUT2D eigenvalue weighted by molar-refractivity contribution is 0.613. The van der Waals surface area contributed by atoms with Crippen molar-refractivity contribution in [1.29, 1.82) is 0 Å². The molecule has 0 radical (unpaired) electrons. The maximum Gasteiger partial charge on any atom is 0.0557 e. The van der Waals surface area contributed by atoms with Gasteiger partial charge in [0.05, 0.1) is 6.04 Å². The number of nitrogens with one attached hydrogen (secondary N) is 1. The van der Waals surface area contributed by atoms with Crippen LogP contribution in [0.1, 0.15) is 31.9 Å². The van der Waals surface area contributed by atoms with E-state index in [1.807, 2.05) is 30.2 Å². The van der Waals surface area contributed by atoms with Gasteiger partial charge in [-0.2, -0.15) is 11.8 Å². The molecule has 1 aromatic heterocycles. The minimum atomic E-state index is 0.159. The van der Waals surface area contributed by atoms with Gasteiger partial charge in [0.1, 0.15) is 0 Å². The standard InChI is InChI=1S/C15H21N3S/c1-3-11(2)19-10-15(18-16)13-6-4-5-12-7-8-17-9-14(12)13/h4-9,11,15,18H,3,10,16H2,1-2H3. The van der Waals surface area contributed by atoms with Crippen molar-refractivity contribution in [2.45, 2.75) is 31.6 Å². The van der Waals surface area contributed by atoms with E-state index in [0.29, 0.717) is 5.25 Å². The van der Waals surface area contributed by atoms with E-state index in [9.17, 15) is 0 Å². The summed E-state index contributed by atoms with van der Waals surface area (Å²) in [7, 11) is 0. The summed E-state index contributed by atoms with van der Waals surface area (Å²) >= 11 is 1.95. The minimum absolute atomic E-state index is 0.159. The fourth-order valence-electron chi connectivity index (χ4n) is 2.05. The van der Waals surface area contributed by atoms with Crippen molar-refractivity contribution < 1.29 is 0 Å². The third-order valence-electron chi connectivity index (χ3n) is 3.42. The van der Waals surface area contributed by atoms with Crippen LogP contribution < -0.4 is 11.3 Å². The number of rotatable bonds is 6. The van der Waals surface area contributed by atoms with Gasteiger partial charge in [0.2, 0.25) is 0 Å². The van der Waals surface area contributed by atoms with Crippen molar-refractivity contribution in [3.05, 3.63) is 42.2 Å². The molecule has 0 spiro atoms. The van der Waals surface area contributed by atoms with Gasteiger partial charge in [-0.05, 0) is 23.4 Å². The van der Waals surface area contributed by atoms with Crippen molar-refractivity contribution >= 4 is 22.5 Å². The van der Waals surface area contributed by atoms with Crippen LogP contribution in [0.15, 0.2) is 36.7 Å². The number of aromatic nitrogens is 1. The molecule has 0 saturated carbocycles. The van der Waals surface area contributed by atoms with E-state index in [1.165, 1.54) is 22.8 Å². The molecule has 1 aromatic carbocycles. The number of hydrogen-bond acceptors (Lipinski definition) is 4. The zero-order valence-electron chi connectivity index (χ0n) is 11.5. The Morgan fingerprint density at radius 2 is 2.21 bits per heavy atom. The summed E-state index contributed by atoms with van der Waals surface area (Å²) < 4.78 is 0. The summed E-state index contributed by atoms with van der Waals surface area (Å²) in [5.41, 5.74) is 4.17. The Balaban J connectivity index is 2.25. The van der Waals surface area contributed by atoms with Gasteiger partial charge in [-0.15, -0.1) is 0 Å². The first-order valence-corrected chi connectivity index (χ1v) is 7.71. The van der Waals surface area contributed by atoms with Crippen LogP contribution in [0.4, 0.5) is 0 Å². The Hall–Kier alpha value is -1.10. The Kier molecular flexibility index (Phi) is 5.19. The highest BCUT2D eigenvalue weighted by molar-refractivity contribution is 7.99. The maximum atomic E-state index is 5.74. The van der Waals surface area contributed by atoms with E-state index in [2.05, 4.69) is 42.5 Å². The summed E-state index contributed by atoms with van der Waals surface area (Å²) in [6.45, 7) is 4.47. The van der Waals surface area contributed by atoms with Crippen LogP contribution in [0, 0.1) is 0 Å². The molecule has 0 aliphatic heterocycles. The second-order valence-corrected chi connectivity index (χ2v) is 6.19. The Morgan fingerprint density at radius 3 is 2.95 bits per heavy atom. The van der Waals surface area contributed by atoms with Gasteiger partial charge in [0.25, 0.3) is 0 Å². The highest BCUT2D eigenvalue weighted by Gasteiger charge is 2.14. The van der Waals surface area contributed by atoms with Gasteiger partial charge in [-0.25, -0.2) is 0 Å². The van der Waals surface area contributed by atoms with E-state index >= 15 is 0 Å². The third-order valence-corrected chi connectivity index (χ3v) is 4.84. The van der Waals surface area contributed by atoms with Crippen LogP contribution in [0.3, 0.4) is 0 Å². The smallest absolute Gasteiger partial charge is 0.0557 e. The molecule has 2 unspecified atom stereocenters. The highest BCUT2D eigenvalue weighted by atomic mass is 32.2. The number of fused-ring (bicyclic) bond motifs is 1. The number of nitrogens with zero attached hydrogens (tertiary/aromatic N) is 1. The van der Waals surface area contributed by atoms with Gasteiger partial charge < -0.3 is 0 Å². The molecule has 4 heteroatoms. The summed E-state index contributed by atoms with van der Waals surface area (Å²) in [5, 5.41) is 3.04. The average molecular weight is 275 g/mol. The molecule has 0 aliphatic carbocycles. The molecule has 2 atom stereocenters. The summed E-state index contributed by atoms with van der Waals surface area (Å²) in [6, 6.07) is 8.51. The van der Waals surface area contributed by atoms with Gasteiger partial charge in [-0.3, -0.25) is 16.3 Å². The van der Waals surface area contributed by atoms with Crippen molar-refractivity contribution in [1.82, 2.24) is 10.4 Å². The quantitative estimate of drug-likeness (QED) is 0.627. The van der Waals surface area contributed by atoms with Crippen LogP contribution in [0.2, 0.25) is 0 Å². The zero-order chi connectivity index (χ0) is 13.7. The Bertz CT molecular complexity index is 524. The van der Waals surface area contributed by atoms with E-state index in [0.717, 1.165) is 5.75 Å². The summed E-state index contributed by atoms with van der Waals surface area (Å²) in [5.74, 6) is 6.71. The lowest BCUT2D eigenvalue weighted by Crippen LogP contribution is -2.30. The first kappa shape index (κ1) is 14.3. The fraction of sp³-hybridized carbons (Fsp3) is 0.400. The van der Waals surface area contributed by atoms with Crippen molar-refractivity contribution in [2.75, 3.05) is 5.75 Å². The SMILES string of the molecule is CCC(C)SCC(NN)c1cccc2ccncc12. The molecule has 0 saturated heterocycles. The molecule has 1 heterocycles. The van der Waals surface area contributed by atoms with Gasteiger partial charge in [-0.1, -0.05) is 32.0 Å². The molecule has 0 bridgehead atoms. The number of benzene rings is 1. The fourth-order valence-corrected chi connectivity index (χ4v) is 3.08. The third kappa shape index (κ3) is 3.47. The molecule has 2 aromatic rings. The molecule has 3 nitrogen and oxygen atoms in total. The number of hydrogen-bond donors (Lipinski definition) is 2. The molecule has 3 N–H and O–H groups in total. The normalized spacial score (nSPS) is 14.5. The van der Waals surface area contributed by atoms with Crippen molar-refractivity contribution in [3.8, 4) is 0 Å². The molecular weight excluding hydrogens is 254 g/mol. The van der Waals surface area contributed by atoms with Gasteiger partial charge in [0, 0.05) is 28.8 Å². The van der Waals surface area contributed by atoms with Crippen LogP contribution in [-0.2, 0) is 0 Å². The minimum Gasteiger partial charge on any atom is -0.271 e. The van der Waals surface area contributed by atoms with E-state index in [-0.39, 0.29) is 6.04 Å². The van der Waals surface area contributed by atoms with Crippen LogP contribution in [0.5, 0.6) is 0 Å². The predicted octanol–water partition coefficient (Wildman–Crippen LogP) is 3.27. The topological polar surface area (TPSA) is 50.9 Å². The first-order valence-electron chi connectivity index (χ1n) is 6.66. The molecule has 0 aliphatic rings. The largest absolute Gasteiger partial charge is 0.271 e. The second-order valence-electron chi connectivity index (χ2n) is 4.72. The molecule has 19 heavy (non-hydrogen) atoms. The molecule has 0 amide bonds. The predicted molar refractivity (Wildman–Crippen MR) is 84.0 cm³/mol. The molecule has 2 rings (SSSR count). The zero-order valence-corrected chi connectivity index (χ0v) is 12.3. The monoisotopic (exact) mass is 275 g/mol. The maximum absolute atomic E-state index is 5.74. The van der Waals surface area contributed by atoms with E-state index in [4.69, 9.17) is 5.84 Å². The summed E-state index contributed by atoms with van der Waals surface area (Å²) in [6.07, 6.45) is 4.92. The van der Waals surface area contributed by atoms with Crippen LogP contribution in [-0.4, -0.2) is 16.0 Å². The van der Waals surface area contributed by atoms with Gasteiger partial charge in [0.15, 0.2) is 0 Å². The Labute approximate surface area is 119 Å². The number of thioether (sulfide) groups is 1. The van der Waals surface area contributed by atoms with Gasteiger partial charge >= 0.3 is 0 Å². The number of pyridine rings is 1. The van der Waals surface area contributed by atoms with Crippen molar-refractivity contribution in [2.24, 2.45) is 5.84 Å². The molecule has 102 valence electrons. The average Bonchev–Trinajstić information content (AvgIpc) is 2.47. The summed E-state index contributed by atoms with van der Waals surface area (Å²) in [4.78, 5) is 4.23. The first-order chi connectivity index (χ1) is 9.26. The van der Waals surface area contributed by atoms with E-state index < -0.39 is 0 Å². The lowest BCUT2D eigenvalue weighted by Gasteiger charge is -2.19. The number of nitrogens with two attached hydrogens (primary N) is 1. The second kappa shape index (κ2) is 6.89. The highest BCUT2D eigenvalue weighted by Crippen LogP contribution is 2.27. The molecule has 0 fully saturated rings. The van der Waals surface area contributed by atoms with E-state index in [1.54, 1.807) is 0 Å². The molecular formula is C15H21N3S.